The van der Waals surface area contributed by atoms with Crippen LogP contribution in [-0.2, 0) is 0 Å². The van der Waals surface area contributed by atoms with Crippen LogP contribution in [0.4, 0.5) is 0 Å². The molecular weight excluding hydrogens is 272 g/mol. The maximum atomic E-state index is 11.1. The molecule has 3 rings (SSSR count). The zero-order valence-electron chi connectivity index (χ0n) is 10.8. The number of benzene rings is 2. The van der Waals surface area contributed by atoms with Crippen LogP contribution in [0.2, 0.25) is 0 Å². The largest absolute Gasteiger partial charge is 0.496 e. The third-order valence-electron chi connectivity index (χ3n) is 3.14. The number of aromatic carboxylic acids is 1. The minimum Gasteiger partial charge on any atom is -0.496 e. The highest BCUT2D eigenvalue weighted by Crippen LogP contribution is 2.35. The van der Waals surface area contributed by atoms with E-state index in [1.807, 2.05) is 18.2 Å². The summed E-state index contributed by atoms with van der Waals surface area (Å²) in [5.74, 6) is -0.600. The molecule has 0 saturated heterocycles. The second-order valence-corrected chi connectivity index (χ2v) is 5.45. The van der Waals surface area contributed by atoms with Crippen molar-refractivity contribution < 1.29 is 14.6 Å². The van der Waals surface area contributed by atoms with Crippen molar-refractivity contribution in [2.75, 3.05) is 7.11 Å². The van der Waals surface area contributed by atoms with Crippen LogP contribution in [0.3, 0.4) is 0 Å². The molecule has 4 heteroatoms. The van der Waals surface area contributed by atoms with Crippen molar-refractivity contribution in [3.05, 3.63) is 54.1 Å². The van der Waals surface area contributed by atoms with E-state index in [1.54, 1.807) is 23.5 Å². The van der Waals surface area contributed by atoms with E-state index in [9.17, 15) is 4.79 Å². The molecule has 0 aliphatic heterocycles. The highest BCUT2D eigenvalue weighted by atomic mass is 32.1. The molecule has 0 spiro atoms. The van der Waals surface area contributed by atoms with E-state index in [0.717, 1.165) is 10.4 Å². The number of fused-ring (bicyclic) bond motifs is 1. The van der Waals surface area contributed by atoms with Crippen molar-refractivity contribution >= 4 is 27.4 Å². The van der Waals surface area contributed by atoms with Gasteiger partial charge in [-0.15, -0.1) is 11.3 Å². The monoisotopic (exact) mass is 284 g/mol. The second kappa shape index (κ2) is 4.98. The summed E-state index contributed by atoms with van der Waals surface area (Å²) in [6.07, 6.45) is 0. The molecule has 1 heterocycles. The Kier molecular flexibility index (Phi) is 3.16. The maximum absolute atomic E-state index is 11.1. The van der Waals surface area contributed by atoms with Crippen molar-refractivity contribution in [2.45, 2.75) is 0 Å². The third-order valence-corrected chi connectivity index (χ3v) is 4.31. The van der Waals surface area contributed by atoms with Gasteiger partial charge in [-0.25, -0.2) is 4.79 Å². The molecule has 0 aliphatic rings. The summed E-state index contributed by atoms with van der Waals surface area (Å²) in [6, 6.07) is 15.4. The molecule has 100 valence electrons. The first-order valence-electron chi connectivity index (χ1n) is 6.09. The van der Waals surface area contributed by atoms with Crippen molar-refractivity contribution in [1.82, 2.24) is 0 Å². The Morgan fingerprint density at radius 3 is 2.65 bits per heavy atom. The lowest BCUT2D eigenvalue weighted by molar-refractivity contribution is 0.0693. The maximum Gasteiger partial charge on any atom is 0.339 e. The number of hydrogen-bond donors (Lipinski definition) is 1. The lowest BCUT2D eigenvalue weighted by Gasteiger charge is -2.06. The first-order valence-corrected chi connectivity index (χ1v) is 6.91. The molecule has 0 aliphatic carbocycles. The van der Waals surface area contributed by atoms with Gasteiger partial charge in [0.2, 0.25) is 0 Å². The highest BCUT2D eigenvalue weighted by Gasteiger charge is 2.13. The van der Waals surface area contributed by atoms with E-state index in [2.05, 4.69) is 18.2 Å². The summed E-state index contributed by atoms with van der Waals surface area (Å²) in [7, 11) is 1.48. The average molecular weight is 284 g/mol. The molecule has 0 saturated carbocycles. The van der Waals surface area contributed by atoms with Gasteiger partial charge >= 0.3 is 5.97 Å². The molecule has 2 aromatic carbocycles. The number of thiophene rings is 1. The van der Waals surface area contributed by atoms with E-state index in [0.29, 0.717) is 5.75 Å². The Bertz CT molecular complexity index is 756. The Morgan fingerprint density at radius 2 is 1.95 bits per heavy atom. The number of carbonyl (C=O) groups is 1. The molecule has 3 nitrogen and oxygen atoms in total. The fraction of sp³-hybridized carbons (Fsp3) is 0.0625. The van der Waals surface area contributed by atoms with Crippen molar-refractivity contribution in [2.24, 2.45) is 0 Å². The summed E-state index contributed by atoms with van der Waals surface area (Å²) in [5.41, 5.74) is 1.14. The van der Waals surface area contributed by atoms with Crippen molar-refractivity contribution in [3.63, 3.8) is 0 Å². The molecule has 3 aromatic rings. The van der Waals surface area contributed by atoms with E-state index in [4.69, 9.17) is 9.84 Å². The highest BCUT2D eigenvalue weighted by molar-refractivity contribution is 7.22. The molecule has 0 radical (unpaired) electrons. The molecular formula is C16H12O3S. The lowest BCUT2D eigenvalue weighted by Crippen LogP contribution is -2.00. The van der Waals surface area contributed by atoms with Gasteiger partial charge in [0.05, 0.1) is 7.11 Å². The summed E-state index contributed by atoms with van der Waals surface area (Å²) < 4.78 is 6.38. The van der Waals surface area contributed by atoms with Crippen LogP contribution in [0.15, 0.2) is 48.5 Å². The fourth-order valence-corrected chi connectivity index (χ4v) is 3.20. The molecule has 0 fully saturated rings. The third kappa shape index (κ3) is 2.14. The molecule has 1 N–H and O–H groups in total. The van der Waals surface area contributed by atoms with Crippen molar-refractivity contribution in [1.29, 1.82) is 0 Å². The lowest BCUT2D eigenvalue weighted by atomic mass is 10.1. The molecule has 1 aromatic heterocycles. The Balaban J connectivity index is 2.12. The topological polar surface area (TPSA) is 46.5 Å². The van der Waals surface area contributed by atoms with Crippen LogP contribution < -0.4 is 4.74 Å². The number of carboxylic acids is 1. The number of hydrogen-bond acceptors (Lipinski definition) is 3. The zero-order valence-corrected chi connectivity index (χ0v) is 11.6. The minimum atomic E-state index is -0.982. The predicted octanol–water partition coefficient (Wildman–Crippen LogP) is 4.28. The van der Waals surface area contributed by atoms with Crippen LogP contribution in [0.5, 0.6) is 5.75 Å². The van der Waals surface area contributed by atoms with Gasteiger partial charge in [0, 0.05) is 9.58 Å². The summed E-state index contributed by atoms with van der Waals surface area (Å²) >= 11 is 1.68. The SMILES string of the molecule is COc1cc(-c2cc3ccccc3s2)ccc1C(=O)O. The number of methoxy groups -OCH3 is 1. The van der Waals surface area contributed by atoms with Gasteiger partial charge < -0.3 is 9.84 Å². The number of rotatable bonds is 3. The molecule has 0 unspecified atom stereocenters. The average Bonchev–Trinajstić information content (AvgIpc) is 2.90. The smallest absolute Gasteiger partial charge is 0.339 e. The van der Waals surface area contributed by atoms with Gasteiger partial charge in [0.1, 0.15) is 11.3 Å². The van der Waals surface area contributed by atoms with Gasteiger partial charge in [-0.05, 0) is 35.2 Å². The van der Waals surface area contributed by atoms with E-state index in [-0.39, 0.29) is 5.56 Å². The zero-order chi connectivity index (χ0) is 14.1. The van der Waals surface area contributed by atoms with Gasteiger partial charge in [-0.3, -0.25) is 0 Å². The first-order chi connectivity index (χ1) is 9.69. The normalized spacial score (nSPS) is 10.7. The van der Waals surface area contributed by atoms with Crippen LogP contribution in [0.25, 0.3) is 20.5 Å². The molecule has 0 bridgehead atoms. The van der Waals surface area contributed by atoms with E-state index in [1.165, 1.54) is 17.2 Å². The fourth-order valence-electron chi connectivity index (χ4n) is 2.15. The summed E-state index contributed by atoms with van der Waals surface area (Å²) in [4.78, 5) is 12.2. The van der Waals surface area contributed by atoms with Gasteiger partial charge in [0.15, 0.2) is 0 Å². The van der Waals surface area contributed by atoms with Gasteiger partial charge in [-0.1, -0.05) is 24.3 Å². The Morgan fingerprint density at radius 1 is 1.15 bits per heavy atom. The number of ether oxygens (including phenoxy) is 1. The first kappa shape index (κ1) is 12.7. The quantitative estimate of drug-likeness (QED) is 0.781. The minimum absolute atomic E-state index is 0.178. The van der Waals surface area contributed by atoms with Crippen LogP contribution in [0, 0.1) is 0 Å². The second-order valence-electron chi connectivity index (χ2n) is 4.37. The van der Waals surface area contributed by atoms with Gasteiger partial charge in [-0.2, -0.15) is 0 Å². The van der Waals surface area contributed by atoms with Crippen LogP contribution in [-0.4, -0.2) is 18.2 Å². The summed E-state index contributed by atoms with van der Waals surface area (Å²) in [6.45, 7) is 0. The molecule has 0 atom stereocenters. The molecule has 0 amide bonds. The van der Waals surface area contributed by atoms with Crippen LogP contribution >= 0.6 is 11.3 Å². The predicted molar refractivity (Wildman–Crippen MR) is 80.8 cm³/mol. The molecule has 20 heavy (non-hydrogen) atoms. The van der Waals surface area contributed by atoms with Crippen molar-refractivity contribution in [3.8, 4) is 16.2 Å². The van der Waals surface area contributed by atoms with Crippen LogP contribution in [0.1, 0.15) is 10.4 Å². The summed E-state index contributed by atoms with van der Waals surface area (Å²) in [5, 5.41) is 10.3. The Labute approximate surface area is 120 Å². The number of carboxylic acid groups (broad SMARTS) is 1. The van der Waals surface area contributed by atoms with Gasteiger partial charge in [0.25, 0.3) is 0 Å². The standard InChI is InChI=1S/C16H12O3S/c1-19-13-8-11(6-7-12(13)16(17)18)15-9-10-4-2-3-5-14(10)20-15/h2-9H,1H3,(H,17,18). The van der Waals surface area contributed by atoms with E-state index < -0.39 is 5.97 Å². The Hall–Kier alpha value is -2.33. The van der Waals surface area contributed by atoms with E-state index >= 15 is 0 Å².